The molecule has 0 spiro atoms. The van der Waals surface area contributed by atoms with E-state index in [9.17, 15) is 5.26 Å². The Bertz CT molecular complexity index is 761. The summed E-state index contributed by atoms with van der Waals surface area (Å²) >= 11 is 0. The maximum Gasteiger partial charge on any atom is 0.101 e. The summed E-state index contributed by atoms with van der Waals surface area (Å²) in [6.07, 6.45) is 10.7. The molecule has 1 aliphatic carbocycles. The predicted molar refractivity (Wildman–Crippen MR) is 103 cm³/mol. The maximum absolute atomic E-state index is 9.33. The number of hydrogen-bond acceptors (Lipinski definition) is 4. The van der Waals surface area contributed by atoms with Crippen LogP contribution in [0.25, 0.3) is 0 Å². The molecular formula is C21H27N5. The van der Waals surface area contributed by atoms with E-state index in [-0.39, 0.29) is 0 Å². The molecule has 4 rings (SSSR count). The number of aromatic nitrogens is 2. The summed E-state index contributed by atoms with van der Waals surface area (Å²) in [4.78, 5) is 9.29. The quantitative estimate of drug-likeness (QED) is 0.846. The first-order valence-electron chi connectivity index (χ1n) is 9.82. The van der Waals surface area contributed by atoms with Crippen LogP contribution in [0.3, 0.4) is 0 Å². The number of para-hydroxylation sites is 1. The van der Waals surface area contributed by atoms with Gasteiger partial charge in [-0.25, -0.2) is 4.98 Å². The second-order valence-electron chi connectivity index (χ2n) is 7.48. The third-order valence-electron chi connectivity index (χ3n) is 5.84. The second kappa shape index (κ2) is 7.92. The molecule has 1 saturated carbocycles. The van der Waals surface area contributed by atoms with Crippen LogP contribution in [0, 0.1) is 11.3 Å². The summed E-state index contributed by atoms with van der Waals surface area (Å²) in [5, 5.41) is 9.33. The van der Waals surface area contributed by atoms with Crippen LogP contribution < -0.4 is 4.90 Å². The van der Waals surface area contributed by atoms with Crippen molar-refractivity contribution in [1.29, 1.82) is 5.26 Å². The van der Waals surface area contributed by atoms with Crippen LogP contribution in [-0.4, -0.2) is 40.6 Å². The van der Waals surface area contributed by atoms with Gasteiger partial charge in [-0.3, -0.25) is 4.90 Å². The van der Waals surface area contributed by atoms with Gasteiger partial charge in [0.05, 0.1) is 23.3 Å². The number of hydrogen-bond donors (Lipinski definition) is 0. The molecule has 1 aliphatic heterocycles. The smallest absolute Gasteiger partial charge is 0.101 e. The van der Waals surface area contributed by atoms with Gasteiger partial charge in [-0.1, -0.05) is 31.4 Å². The summed E-state index contributed by atoms with van der Waals surface area (Å²) in [5.41, 5.74) is 3.20. The summed E-state index contributed by atoms with van der Waals surface area (Å²) in [5.74, 6) is 0. The Morgan fingerprint density at radius 3 is 2.58 bits per heavy atom. The molecule has 1 aromatic carbocycles. The van der Waals surface area contributed by atoms with Crippen LogP contribution in [-0.2, 0) is 6.54 Å². The fourth-order valence-electron chi connectivity index (χ4n) is 4.36. The van der Waals surface area contributed by atoms with Crippen LogP contribution in [0.5, 0.6) is 0 Å². The van der Waals surface area contributed by atoms with Gasteiger partial charge in [-0.05, 0) is 25.0 Å². The van der Waals surface area contributed by atoms with Crippen molar-refractivity contribution in [2.75, 3.05) is 31.1 Å². The summed E-state index contributed by atoms with van der Waals surface area (Å²) in [7, 11) is 0. The van der Waals surface area contributed by atoms with E-state index in [1.165, 1.54) is 37.8 Å². The first-order valence-corrected chi connectivity index (χ1v) is 9.82. The zero-order valence-corrected chi connectivity index (χ0v) is 15.3. The molecule has 0 unspecified atom stereocenters. The van der Waals surface area contributed by atoms with Gasteiger partial charge >= 0.3 is 0 Å². The van der Waals surface area contributed by atoms with Crippen LogP contribution in [0.2, 0.25) is 0 Å². The van der Waals surface area contributed by atoms with Crippen molar-refractivity contribution in [3.8, 4) is 6.07 Å². The lowest BCUT2D eigenvalue weighted by molar-refractivity contribution is 0.237. The van der Waals surface area contributed by atoms with Gasteiger partial charge in [0.1, 0.15) is 6.07 Å². The van der Waals surface area contributed by atoms with E-state index in [0.717, 1.165) is 44.0 Å². The number of imidazole rings is 1. The van der Waals surface area contributed by atoms with E-state index in [0.29, 0.717) is 6.04 Å². The molecule has 0 atom stereocenters. The van der Waals surface area contributed by atoms with Gasteiger partial charge in [0.25, 0.3) is 0 Å². The fourth-order valence-corrected chi connectivity index (χ4v) is 4.36. The Hall–Kier alpha value is -2.32. The highest BCUT2D eigenvalue weighted by Crippen LogP contribution is 2.29. The summed E-state index contributed by atoms with van der Waals surface area (Å²) in [6.45, 7) is 4.96. The molecule has 136 valence electrons. The molecule has 5 heteroatoms. The van der Waals surface area contributed by atoms with Crippen molar-refractivity contribution in [2.45, 2.75) is 44.7 Å². The minimum Gasteiger partial charge on any atom is -0.368 e. The average Bonchev–Trinajstić information content (AvgIpc) is 3.17. The largest absolute Gasteiger partial charge is 0.368 e. The number of nitrogens with zero attached hydrogens (tertiary/aromatic N) is 5. The number of piperazine rings is 1. The molecule has 2 aliphatic rings. The van der Waals surface area contributed by atoms with Crippen molar-refractivity contribution >= 4 is 5.69 Å². The second-order valence-corrected chi connectivity index (χ2v) is 7.48. The molecule has 0 N–H and O–H groups in total. The van der Waals surface area contributed by atoms with Crippen LogP contribution in [0.4, 0.5) is 5.69 Å². The maximum atomic E-state index is 9.33. The molecule has 5 nitrogen and oxygen atoms in total. The molecule has 1 saturated heterocycles. The Kier molecular flexibility index (Phi) is 5.21. The Morgan fingerprint density at radius 1 is 1.04 bits per heavy atom. The summed E-state index contributed by atoms with van der Waals surface area (Å²) in [6, 6.07) is 10.9. The number of nitriles is 1. The highest BCUT2D eigenvalue weighted by atomic mass is 15.3. The van der Waals surface area contributed by atoms with Crippen molar-refractivity contribution < 1.29 is 0 Å². The number of rotatable bonds is 4. The minimum absolute atomic E-state index is 0.644. The Balaban J connectivity index is 1.38. The van der Waals surface area contributed by atoms with E-state index in [2.05, 4.69) is 31.5 Å². The van der Waals surface area contributed by atoms with Gasteiger partial charge in [0, 0.05) is 45.0 Å². The van der Waals surface area contributed by atoms with E-state index >= 15 is 0 Å². The highest BCUT2D eigenvalue weighted by Gasteiger charge is 2.22. The molecule has 0 amide bonds. The van der Waals surface area contributed by atoms with Crippen molar-refractivity contribution in [1.82, 2.24) is 14.5 Å². The zero-order valence-electron chi connectivity index (χ0n) is 15.3. The summed E-state index contributed by atoms with van der Waals surface area (Å²) < 4.78 is 2.43. The van der Waals surface area contributed by atoms with E-state index in [1.807, 2.05) is 30.7 Å². The van der Waals surface area contributed by atoms with E-state index in [1.54, 1.807) is 0 Å². The molecule has 0 radical (unpaired) electrons. The lowest BCUT2D eigenvalue weighted by atomic mass is 9.95. The molecule has 1 aromatic heterocycles. The normalized spacial score (nSPS) is 19.4. The standard InChI is InChI=1S/C21H27N5/c22-14-18-6-4-5-9-21(18)25-12-10-24(11-13-25)16-20-15-23-17-26(20)19-7-2-1-3-8-19/h4-6,9,15,17,19H,1-3,7-8,10-13,16H2. The SMILES string of the molecule is N#Cc1ccccc1N1CCN(Cc2cncn2C2CCCCC2)CC1. The van der Waals surface area contributed by atoms with Gasteiger partial charge in [0.2, 0.25) is 0 Å². The average molecular weight is 349 g/mol. The van der Waals surface area contributed by atoms with Crippen LogP contribution in [0.1, 0.15) is 49.4 Å². The monoisotopic (exact) mass is 349 g/mol. The lowest BCUT2D eigenvalue weighted by Crippen LogP contribution is -2.46. The first kappa shape index (κ1) is 17.1. The number of benzene rings is 1. The van der Waals surface area contributed by atoms with Gasteiger partial charge in [-0.2, -0.15) is 5.26 Å². The fraction of sp³-hybridized carbons (Fsp3) is 0.524. The third kappa shape index (κ3) is 3.61. The Morgan fingerprint density at radius 2 is 1.81 bits per heavy atom. The van der Waals surface area contributed by atoms with E-state index < -0.39 is 0 Å². The van der Waals surface area contributed by atoms with Crippen molar-refractivity contribution in [3.63, 3.8) is 0 Å². The zero-order chi connectivity index (χ0) is 17.8. The first-order chi connectivity index (χ1) is 12.8. The molecule has 0 bridgehead atoms. The van der Waals surface area contributed by atoms with Crippen molar-refractivity contribution in [2.24, 2.45) is 0 Å². The van der Waals surface area contributed by atoms with Crippen LogP contribution >= 0.6 is 0 Å². The van der Waals surface area contributed by atoms with Gasteiger partial charge < -0.3 is 9.47 Å². The van der Waals surface area contributed by atoms with E-state index in [4.69, 9.17) is 0 Å². The molecule has 2 heterocycles. The predicted octanol–water partition coefficient (Wildman–Crippen LogP) is 3.58. The van der Waals surface area contributed by atoms with Gasteiger partial charge in [0.15, 0.2) is 0 Å². The number of anilines is 1. The molecule has 26 heavy (non-hydrogen) atoms. The lowest BCUT2D eigenvalue weighted by Gasteiger charge is -2.36. The van der Waals surface area contributed by atoms with Gasteiger partial charge in [-0.15, -0.1) is 0 Å². The third-order valence-corrected chi connectivity index (χ3v) is 5.84. The molecule has 2 aromatic rings. The molecule has 2 fully saturated rings. The highest BCUT2D eigenvalue weighted by molar-refractivity contribution is 5.59. The topological polar surface area (TPSA) is 48.1 Å². The molecular weight excluding hydrogens is 322 g/mol. The minimum atomic E-state index is 0.644. The Labute approximate surface area is 155 Å². The van der Waals surface area contributed by atoms with Crippen molar-refractivity contribution in [3.05, 3.63) is 48.0 Å². The van der Waals surface area contributed by atoms with Crippen LogP contribution in [0.15, 0.2) is 36.8 Å².